The Balaban J connectivity index is 2.26. The van der Waals surface area contributed by atoms with Crippen molar-refractivity contribution in [3.05, 3.63) is 29.8 Å². The lowest BCUT2D eigenvalue weighted by Gasteiger charge is -2.11. The molecule has 17 heavy (non-hydrogen) atoms. The molecule has 0 fully saturated rings. The van der Waals surface area contributed by atoms with Crippen LogP contribution in [0, 0.1) is 0 Å². The van der Waals surface area contributed by atoms with Gasteiger partial charge < -0.3 is 20.8 Å². The van der Waals surface area contributed by atoms with Crippen LogP contribution in [0.3, 0.4) is 0 Å². The van der Waals surface area contributed by atoms with Crippen molar-refractivity contribution >= 4 is 6.03 Å². The van der Waals surface area contributed by atoms with Crippen molar-refractivity contribution in [3.63, 3.8) is 0 Å². The molecule has 0 radical (unpaired) electrons. The highest BCUT2D eigenvalue weighted by Crippen LogP contribution is 2.10. The number of urea groups is 1. The molecule has 4 N–H and O–H groups in total. The van der Waals surface area contributed by atoms with Crippen LogP contribution in [0.1, 0.15) is 12.5 Å². The van der Waals surface area contributed by atoms with Gasteiger partial charge in [-0.25, -0.2) is 4.79 Å². The SMILES string of the molecule is C[C@@H](CO)NC(=O)NCCc1cccc(O)c1. The predicted molar refractivity (Wildman–Crippen MR) is 64.9 cm³/mol. The van der Waals surface area contributed by atoms with Crippen LogP contribution in [0.2, 0.25) is 0 Å². The van der Waals surface area contributed by atoms with Gasteiger partial charge in [0.25, 0.3) is 0 Å². The fraction of sp³-hybridized carbons (Fsp3) is 0.417. The Morgan fingerprint density at radius 1 is 1.47 bits per heavy atom. The highest BCUT2D eigenvalue weighted by Gasteiger charge is 2.04. The first kappa shape index (κ1) is 13.3. The number of benzene rings is 1. The predicted octanol–water partition coefficient (Wildman–Crippen LogP) is 0.615. The largest absolute Gasteiger partial charge is 0.508 e. The number of aliphatic hydroxyl groups is 1. The molecule has 94 valence electrons. The van der Waals surface area contributed by atoms with E-state index in [1.807, 2.05) is 6.07 Å². The van der Waals surface area contributed by atoms with Crippen molar-refractivity contribution < 1.29 is 15.0 Å². The van der Waals surface area contributed by atoms with Crippen LogP contribution in [0.15, 0.2) is 24.3 Å². The third kappa shape index (κ3) is 5.21. The summed E-state index contributed by atoms with van der Waals surface area (Å²) in [5.74, 6) is 0.223. The Morgan fingerprint density at radius 3 is 2.88 bits per heavy atom. The van der Waals surface area contributed by atoms with E-state index in [1.165, 1.54) is 0 Å². The van der Waals surface area contributed by atoms with Crippen LogP contribution < -0.4 is 10.6 Å². The fourth-order valence-corrected chi connectivity index (χ4v) is 1.35. The Morgan fingerprint density at radius 2 is 2.24 bits per heavy atom. The number of rotatable bonds is 5. The molecule has 0 saturated carbocycles. The molecule has 0 aliphatic rings. The van der Waals surface area contributed by atoms with Gasteiger partial charge in [-0.2, -0.15) is 0 Å². The van der Waals surface area contributed by atoms with E-state index in [0.29, 0.717) is 13.0 Å². The van der Waals surface area contributed by atoms with Crippen molar-refractivity contribution in [2.45, 2.75) is 19.4 Å². The highest BCUT2D eigenvalue weighted by atomic mass is 16.3. The molecule has 1 atom stereocenters. The quantitative estimate of drug-likeness (QED) is 0.607. The standard InChI is InChI=1S/C12H18N2O3/c1-9(8-15)14-12(17)13-6-5-10-3-2-4-11(16)7-10/h2-4,7,9,15-16H,5-6,8H2,1H3,(H2,13,14,17)/t9-/m0/s1. The molecule has 1 aromatic carbocycles. The number of aliphatic hydroxyl groups excluding tert-OH is 1. The minimum absolute atomic E-state index is 0.0834. The number of carbonyl (C=O) groups is 1. The van der Waals surface area contributed by atoms with Crippen LogP contribution in [-0.4, -0.2) is 35.4 Å². The molecule has 0 aliphatic heterocycles. The van der Waals surface area contributed by atoms with Crippen LogP contribution in [-0.2, 0) is 6.42 Å². The number of amides is 2. The lowest BCUT2D eigenvalue weighted by Crippen LogP contribution is -2.42. The topological polar surface area (TPSA) is 81.6 Å². The Labute approximate surface area is 100 Å². The Hall–Kier alpha value is -1.75. The number of aromatic hydroxyl groups is 1. The van der Waals surface area contributed by atoms with E-state index in [-0.39, 0.29) is 24.4 Å². The van der Waals surface area contributed by atoms with E-state index < -0.39 is 0 Å². The first-order valence-electron chi connectivity index (χ1n) is 5.55. The number of phenols is 1. The second-order valence-corrected chi connectivity index (χ2v) is 3.90. The molecular weight excluding hydrogens is 220 g/mol. The molecule has 1 aromatic rings. The number of phenolic OH excluding ortho intramolecular Hbond substituents is 1. The molecule has 0 bridgehead atoms. The summed E-state index contributed by atoms with van der Waals surface area (Å²) in [7, 11) is 0. The lowest BCUT2D eigenvalue weighted by molar-refractivity contribution is 0.220. The van der Waals surface area contributed by atoms with E-state index in [4.69, 9.17) is 5.11 Å². The number of carbonyl (C=O) groups excluding carboxylic acids is 1. The van der Waals surface area contributed by atoms with Crippen molar-refractivity contribution in [1.82, 2.24) is 10.6 Å². The number of nitrogens with one attached hydrogen (secondary N) is 2. The average molecular weight is 238 g/mol. The second kappa shape index (κ2) is 6.75. The van der Waals surface area contributed by atoms with E-state index in [0.717, 1.165) is 5.56 Å². The van der Waals surface area contributed by atoms with Crippen LogP contribution in [0.5, 0.6) is 5.75 Å². The Bertz CT molecular complexity index is 369. The summed E-state index contributed by atoms with van der Waals surface area (Å²) in [5, 5.41) is 23.2. The van der Waals surface area contributed by atoms with E-state index in [2.05, 4.69) is 10.6 Å². The molecule has 1 rings (SSSR count). The van der Waals surface area contributed by atoms with Gasteiger partial charge in [0.1, 0.15) is 5.75 Å². The molecule has 0 spiro atoms. The van der Waals surface area contributed by atoms with Crippen molar-refractivity contribution in [3.8, 4) is 5.75 Å². The van der Waals surface area contributed by atoms with E-state index in [1.54, 1.807) is 25.1 Å². The van der Waals surface area contributed by atoms with Crippen LogP contribution in [0.4, 0.5) is 4.79 Å². The molecule has 0 unspecified atom stereocenters. The Kier molecular flexibility index (Phi) is 5.29. The van der Waals surface area contributed by atoms with Gasteiger partial charge in [-0.05, 0) is 31.0 Å². The molecule has 0 aromatic heterocycles. The first-order chi connectivity index (χ1) is 8.11. The third-order valence-electron chi connectivity index (χ3n) is 2.26. The molecule has 0 saturated heterocycles. The minimum atomic E-state index is -0.299. The normalized spacial score (nSPS) is 11.9. The maximum absolute atomic E-state index is 11.3. The molecule has 2 amide bonds. The molecule has 5 heteroatoms. The zero-order valence-electron chi connectivity index (χ0n) is 9.81. The van der Waals surface area contributed by atoms with Crippen molar-refractivity contribution in [1.29, 1.82) is 0 Å². The van der Waals surface area contributed by atoms with E-state index >= 15 is 0 Å². The van der Waals surface area contributed by atoms with Crippen LogP contribution >= 0.6 is 0 Å². The summed E-state index contributed by atoms with van der Waals surface area (Å²) in [5.41, 5.74) is 0.959. The van der Waals surface area contributed by atoms with Gasteiger partial charge in [0, 0.05) is 6.54 Å². The lowest BCUT2D eigenvalue weighted by atomic mass is 10.1. The van der Waals surface area contributed by atoms with Gasteiger partial charge in [-0.1, -0.05) is 12.1 Å². The zero-order chi connectivity index (χ0) is 12.7. The zero-order valence-corrected chi connectivity index (χ0v) is 9.81. The van der Waals surface area contributed by atoms with Gasteiger partial charge >= 0.3 is 6.03 Å². The van der Waals surface area contributed by atoms with Gasteiger partial charge in [0.2, 0.25) is 0 Å². The van der Waals surface area contributed by atoms with Gasteiger partial charge in [-0.15, -0.1) is 0 Å². The maximum Gasteiger partial charge on any atom is 0.315 e. The third-order valence-corrected chi connectivity index (χ3v) is 2.26. The number of hydrogen-bond acceptors (Lipinski definition) is 3. The van der Waals surface area contributed by atoms with Crippen LogP contribution in [0.25, 0.3) is 0 Å². The summed E-state index contributed by atoms with van der Waals surface area (Å²) in [6, 6.07) is 6.36. The maximum atomic E-state index is 11.3. The molecule has 0 aliphatic carbocycles. The summed E-state index contributed by atoms with van der Waals surface area (Å²) >= 11 is 0. The monoisotopic (exact) mass is 238 g/mol. The van der Waals surface area contributed by atoms with Gasteiger partial charge in [0.05, 0.1) is 12.6 Å². The fourth-order valence-electron chi connectivity index (χ4n) is 1.35. The smallest absolute Gasteiger partial charge is 0.315 e. The summed E-state index contributed by atoms with van der Waals surface area (Å²) < 4.78 is 0. The van der Waals surface area contributed by atoms with Crippen molar-refractivity contribution in [2.24, 2.45) is 0 Å². The van der Waals surface area contributed by atoms with Crippen molar-refractivity contribution in [2.75, 3.05) is 13.2 Å². The summed E-state index contributed by atoms with van der Waals surface area (Å²) in [6.45, 7) is 2.11. The molecule has 0 heterocycles. The minimum Gasteiger partial charge on any atom is -0.508 e. The van der Waals surface area contributed by atoms with Gasteiger partial charge in [0.15, 0.2) is 0 Å². The molecular formula is C12H18N2O3. The second-order valence-electron chi connectivity index (χ2n) is 3.90. The first-order valence-corrected chi connectivity index (χ1v) is 5.55. The highest BCUT2D eigenvalue weighted by molar-refractivity contribution is 5.74. The molecule has 5 nitrogen and oxygen atoms in total. The number of hydrogen-bond donors (Lipinski definition) is 4. The summed E-state index contributed by atoms with van der Waals surface area (Å²) in [4.78, 5) is 11.3. The summed E-state index contributed by atoms with van der Waals surface area (Å²) in [6.07, 6.45) is 0.648. The van der Waals surface area contributed by atoms with E-state index in [9.17, 15) is 9.90 Å². The average Bonchev–Trinajstić information content (AvgIpc) is 2.29. The van der Waals surface area contributed by atoms with Gasteiger partial charge in [-0.3, -0.25) is 0 Å².